The molecule has 1 saturated carbocycles. The van der Waals surface area contributed by atoms with Crippen molar-refractivity contribution in [3.63, 3.8) is 0 Å². The summed E-state index contributed by atoms with van der Waals surface area (Å²) >= 11 is 0. The van der Waals surface area contributed by atoms with Crippen LogP contribution in [0, 0.1) is 18.2 Å². The molecule has 2 heterocycles. The standard InChI is InChI=1S/C21H23FN4O3/c1-13-23-10-7-16(24-13)19(28)25-17-12-21(8-6-18(17)27)9-11-26(20(21)29)15-4-2-14(22)3-5-15/h2-5,7,10,17-18,27H,6,8-9,11-12H2,1H3,(H,25,28). The zero-order valence-corrected chi connectivity index (χ0v) is 16.1. The van der Waals surface area contributed by atoms with Crippen LogP contribution in [0.2, 0.25) is 0 Å². The molecule has 1 aliphatic carbocycles. The van der Waals surface area contributed by atoms with Crippen molar-refractivity contribution in [2.24, 2.45) is 5.41 Å². The van der Waals surface area contributed by atoms with Gasteiger partial charge in [0, 0.05) is 18.4 Å². The Morgan fingerprint density at radius 3 is 2.76 bits per heavy atom. The summed E-state index contributed by atoms with van der Waals surface area (Å²) in [5, 5.41) is 13.3. The van der Waals surface area contributed by atoms with Crippen molar-refractivity contribution >= 4 is 17.5 Å². The maximum atomic E-state index is 13.2. The monoisotopic (exact) mass is 398 g/mol. The molecule has 2 aromatic rings. The van der Waals surface area contributed by atoms with Gasteiger partial charge in [0.25, 0.3) is 5.91 Å². The van der Waals surface area contributed by atoms with Crippen LogP contribution in [0.3, 0.4) is 0 Å². The quantitative estimate of drug-likeness (QED) is 0.825. The number of rotatable bonds is 3. The lowest BCUT2D eigenvalue weighted by Gasteiger charge is -2.39. The van der Waals surface area contributed by atoms with Crippen LogP contribution in [-0.4, -0.2) is 45.6 Å². The molecule has 1 spiro atoms. The molecule has 7 nitrogen and oxygen atoms in total. The number of hydrogen-bond acceptors (Lipinski definition) is 5. The highest BCUT2D eigenvalue weighted by atomic mass is 19.1. The van der Waals surface area contributed by atoms with Crippen molar-refractivity contribution in [2.45, 2.75) is 44.8 Å². The Labute approximate surface area is 168 Å². The van der Waals surface area contributed by atoms with Gasteiger partial charge in [-0.3, -0.25) is 9.59 Å². The van der Waals surface area contributed by atoms with Crippen LogP contribution in [-0.2, 0) is 4.79 Å². The van der Waals surface area contributed by atoms with E-state index in [-0.39, 0.29) is 17.4 Å². The van der Waals surface area contributed by atoms with E-state index in [1.165, 1.54) is 24.4 Å². The first-order chi connectivity index (χ1) is 13.9. The van der Waals surface area contributed by atoms with Gasteiger partial charge in [0.2, 0.25) is 5.91 Å². The van der Waals surface area contributed by atoms with Crippen molar-refractivity contribution in [2.75, 3.05) is 11.4 Å². The lowest BCUT2D eigenvalue weighted by atomic mass is 9.70. The number of carbonyl (C=O) groups excluding carboxylic acids is 2. The SMILES string of the molecule is Cc1nccc(C(=O)NC2CC3(CCC2O)CCN(c2ccc(F)cc2)C3=O)n1. The molecule has 29 heavy (non-hydrogen) atoms. The molecule has 0 radical (unpaired) electrons. The van der Waals surface area contributed by atoms with Crippen molar-refractivity contribution < 1.29 is 19.1 Å². The molecule has 3 atom stereocenters. The molecule has 2 amide bonds. The number of nitrogens with one attached hydrogen (secondary N) is 1. The number of carbonyl (C=O) groups is 2. The molecule has 1 saturated heterocycles. The topological polar surface area (TPSA) is 95.4 Å². The van der Waals surface area contributed by atoms with Crippen molar-refractivity contribution in [3.8, 4) is 0 Å². The second-order valence-corrected chi connectivity index (χ2v) is 7.84. The van der Waals surface area contributed by atoms with E-state index in [1.807, 2.05) is 0 Å². The fraction of sp³-hybridized carbons (Fsp3) is 0.429. The fourth-order valence-corrected chi connectivity index (χ4v) is 4.37. The minimum Gasteiger partial charge on any atom is -0.391 e. The van der Waals surface area contributed by atoms with Crippen molar-refractivity contribution in [1.29, 1.82) is 0 Å². The minimum absolute atomic E-state index is 0.0341. The van der Waals surface area contributed by atoms with Gasteiger partial charge in [-0.15, -0.1) is 0 Å². The van der Waals surface area contributed by atoms with E-state index in [9.17, 15) is 19.1 Å². The lowest BCUT2D eigenvalue weighted by Crippen LogP contribution is -2.52. The number of nitrogens with zero attached hydrogens (tertiary/aromatic N) is 3. The summed E-state index contributed by atoms with van der Waals surface area (Å²) in [6.07, 6.45) is 2.77. The average molecular weight is 398 g/mol. The van der Waals surface area contributed by atoms with E-state index in [0.29, 0.717) is 43.7 Å². The molecule has 1 aliphatic heterocycles. The van der Waals surface area contributed by atoms with Crippen LogP contribution in [0.25, 0.3) is 0 Å². The Hall–Kier alpha value is -2.87. The summed E-state index contributed by atoms with van der Waals surface area (Å²) in [5.41, 5.74) is 0.263. The first kappa shape index (κ1) is 19.4. The van der Waals surface area contributed by atoms with Gasteiger partial charge < -0.3 is 15.3 Å². The van der Waals surface area contributed by atoms with Gasteiger partial charge in [-0.25, -0.2) is 14.4 Å². The van der Waals surface area contributed by atoms with E-state index < -0.39 is 23.5 Å². The number of aryl methyl sites for hydroxylation is 1. The van der Waals surface area contributed by atoms with Crippen molar-refractivity contribution in [1.82, 2.24) is 15.3 Å². The Kier molecular flexibility index (Phi) is 5.04. The number of aliphatic hydroxyl groups excluding tert-OH is 1. The number of amides is 2. The molecule has 2 fully saturated rings. The number of halogens is 1. The van der Waals surface area contributed by atoms with Crippen LogP contribution < -0.4 is 10.2 Å². The number of anilines is 1. The summed E-state index contributed by atoms with van der Waals surface area (Å²) in [4.78, 5) is 35.6. The molecule has 2 N–H and O–H groups in total. The predicted molar refractivity (Wildman–Crippen MR) is 104 cm³/mol. The van der Waals surface area contributed by atoms with Crippen LogP contribution in [0.15, 0.2) is 36.5 Å². The molecular formula is C21H23FN4O3. The Morgan fingerprint density at radius 1 is 1.28 bits per heavy atom. The Morgan fingerprint density at radius 2 is 2.03 bits per heavy atom. The van der Waals surface area contributed by atoms with E-state index in [2.05, 4.69) is 15.3 Å². The summed E-state index contributed by atoms with van der Waals surface area (Å²) in [6, 6.07) is 6.85. The molecule has 3 unspecified atom stereocenters. The van der Waals surface area contributed by atoms with Gasteiger partial charge in [0.15, 0.2) is 0 Å². The highest BCUT2D eigenvalue weighted by molar-refractivity contribution is 6.00. The number of benzene rings is 1. The van der Waals surface area contributed by atoms with E-state index in [1.54, 1.807) is 24.0 Å². The van der Waals surface area contributed by atoms with E-state index in [0.717, 1.165) is 0 Å². The summed E-state index contributed by atoms with van der Waals surface area (Å²) in [7, 11) is 0. The van der Waals surface area contributed by atoms with Crippen LogP contribution in [0.5, 0.6) is 0 Å². The third kappa shape index (κ3) is 3.72. The second kappa shape index (κ2) is 7.51. The van der Waals surface area contributed by atoms with Gasteiger partial charge in [-0.2, -0.15) is 0 Å². The number of hydrogen-bond donors (Lipinski definition) is 2. The van der Waals surface area contributed by atoms with Gasteiger partial charge in [0.05, 0.1) is 17.6 Å². The van der Waals surface area contributed by atoms with Crippen LogP contribution >= 0.6 is 0 Å². The summed E-state index contributed by atoms with van der Waals surface area (Å²) in [6.45, 7) is 2.23. The highest BCUT2D eigenvalue weighted by Crippen LogP contribution is 2.46. The van der Waals surface area contributed by atoms with E-state index >= 15 is 0 Å². The Bertz CT molecular complexity index is 936. The molecule has 152 valence electrons. The summed E-state index contributed by atoms with van der Waals surface area (Å²) in [5.74, 6) is -0.288. The van der Waals surface area contributed by atoms with Gasteiger partial charge >= 0.3 is 0 Å². The minimum atomic E-state index is -0.722. The fourth-order valence-electron chi connectivity index (χ4n) is 4.37. The molecule has 1 aromatic heterocycles. The van der Waals surface area contributed by atoms with Gasteiger partial charge in [0.1, 0.15) is 17.3 Å². The average Bonchev–Trinajstić information content (AvgIpc) is 3.01. The first-order valence-electron chi connectivity index (χ1n) is 9.74. The molecule has 8 heteroatoms. The molecule has 0 bridgehead atoms. The molecule has 1 aromatic carbocycles. The largest absolute Gasteiger partial charge is 0.391 e. The van der Waals surface area contributed by atoms with Crippen LogP contribution in [0.1, 0.15) is 42.0 Å². The molecular weight excluding hydrogens is 375 g/mol. The third-order valence-electron chi connectivity index (χ3n) is 5.97. The Balaban J connectivity index is 1.50. The highest BCUT2D eigenvalue weighted by Gasteiger charge is 2.51. The van der Waals surface area contributed by atoms with Crippen LogP contribution in [0.4, 0.5) is 10.1 Å². The second-order valence-electron chi connectivity index (χ2n) is 7.84. The van der Waals surface area contributed by atoms with Gasteiger partial charge in [-0.1, -0.05) is 0 Å². The normalized spacial score (nSPS) is 26.7. The van der Waals surface area contributed by atoms with Crippen molar-refractivity contribution in [3.05, 3.63) is 53.9 Å². The lowest BCUT2D eigenvalue weighted by molar-refractivity contribution is -0.129. The van der Waals surface area contributed by atoms with E-state index in [4.69, 9.17) is 0 Å². The zero-order chi connectivity index (χ0) is 20.6. The molecule has 2 aliphatic rings. The maximum Gasteiger partial charge on any atom is 0.270 e. The zero-order valence-electron chi connectivity index (χ0n) is 16.1. The summed E-state index contributed by atoms with van der Waals surface area (Å²) < 4.78 is 13.2. The first-order valence-corrected chi connectivity index (χ1v) is 9.74. The molecule has 4 rings (SSSR count). The van der Waals surface area contributed by atoms with Gasteiger partial charge in [-0.05, 0) is 62.9 Å². The number of aromatic nitrogens is 2. The number of aliphatic hydroxyl groups is 1. The smallest absolute Gasteiger partial charge is 0.270 e. The third-order valence-corrected chi connectivity index (χ3v) is 5.97. The predicted octanol–water partition coefficient (Wildman–Crippen LogP) is 1.99. The maximum absolute atomic E-state index is 13.2.